The first-order valence-electron chi connectivity index (χ1n) is 7.90. The van der Waals surface area contributed by atoms with Crippen LogP contribution >= 0.6 is 0 Å². The number of rotatable bonds is 3. The maximum absolute atomic E-state index is 12.6. The molecule has 1 aliphatic rings. The van der Waals surface area contributed by atoms with Crippen LogP contribution < -0.4 is 0 Å². The van der Waals surface area contributed by atoms with E-state index < -0.39 is 0 Å². The average molecular weight is 310 g/mol. The van der Waals surface area contributed by atoms with Gasteiger partial charge in [-0.2, -0.15) is 0 Å². The molecule has 1 aromatic carbocycles. The molecule has 1 amide bonds. The number of aromatic nitrogens is 3. The molecule has 4 rings (SSSR count). The number of benzene rings is 1. The molecule has 1 aliphatic heterocycles. The van der Waals surface area contributed by atoms with Crippen LogP contribution in [0.5, 0.6) is 0 Å². The van der Waals surface area contributed by atoms with E-state index in [1.165, 1.54) is 0 Å². The van der Waals surface area contributed by atoms with Gasteiger partial charge in [-0.3, -0.25) is 4.79 Å². The predicted molar refractivity (Wildman–Crippen MR) is 84.8 cm³/mol. The SMILES string of the molecule is O=C(Cc1noc2ccccc12)N1CCC[C@@H](n2ccnc2)C1. The highest BCUT2D eigenvalue weighted by atomic mass is 16.5. The molecule has 0 saturated carbocycles. The van der Waals surface area contributed by atoms with Crippen LogP contribution in [-0.2, 0) is 11.2 Å². The number of nitrogens with zero attached hydrogens (tertiary/aromatic N) is 4. The molecule has 1 atom stereocenters. The van der Waals surface area contributed by atoms with E-state index in [4.69, 9.17) is 4.52 Å². The van der Waals surface area contributed by atoms with E-state index in [0.717, 1.165) is 42.6 Å². The zero-order valence-electron chi connectivity index (χ0n) is 12.8. The molecule has 3 aromatic rings. The van der Waals surface area contributed by atoms with Crippen LogP contribution in [-0.4, -0.2) is 38.6 Å². The molecule has 0 aliphatic carbocycles. The van der Waals surface area contributed by atoms with Crippen LogP contribution in [0.2, 0.25) is 0 Å². The Hall–Kier alpha value is -2.63. The number of hydrogen-bond acceptors (Lipinski definition) is 4. The molecule has 0 spiro atoms. The fraction of sp³-hybridized carbons (Fsp3) is 0.353. The summed E-state index contributed by atoms with van der Waals surface area (Å²) in [6.45, 7) is 1.53. The van der Waals surface area contributed by atoms with Crippen LogP contribution in [0.4, 0.5) is 0 Å². The summed E-state index contributed by atoms with van der Waals surface area (Å²) < 4.78 is 7.37. The fourth-order valence-electron chi connectivity index (χ4n) is 3.23. The molecular weight excluding hydrogens is 292 g/mol. The highest BCUT2D eigenvalue weighted by molar-refractivity contribution is 5.86. The number of piperidine rings is 1. The molecule has 0 N–H and O–H groups in total. The number of likely N-dealkylation sites (tertiary alicyclic amines) is 1. The number of imidazole rings is 1. The van der Waals surface area contributed by atoms with E-state index in [9.17, 15) is 4.79 Å². The van der Waals surface area contributed by atoms with Gasteiger partial charge in [0.25, 0.3) is 0 Å². The average Bonchev–Trinajstić information content (AvgIpc) is 3.25. The summed E-state index contributed by atoms with van der Waals surface area (Å²) in [5, 5.41) is 4.98. The van der Waals surface area contributed by atoms with Crippen LogP contribution in [0.1, 0.15) is 24.6 Å². The molecule has 1 fully saturated rings. The van der Waals surface area contributed by atoms with Crippen LogP contribution in [0.15, 0.2) is 47.5 Å². The third-order valence-corrected chi connectivity index (χ3v) is 4.47. The van der Waals surface area contributed by atoms with Crippen LogP contribution in [0, 0.1) is 0 Å². The van der Waals surface area contributed by atoms with Crippen LogP contribution in [0.3, 0.4) is 0 Å². The topological polar surface area (TPSA) is 64.2 Å². The van der Waals surface area contributed by atoms with E-state index in [-0.39, 0.29) is 12.3 Å². The van der Waals surface area contributed by atoms with Gasteiger partial charge in [0.1, 0.15) is 5.69 Å². The first-order valence-corrected chi connectivity index (χ1v) is 7.90. The zero-order valence-corrected chi connectivity index (χ0v) is 12.8. The fourth-order valence-corrected chi connectivity index (χ4v) is 3.23. The lowest BCUT2D eigenvalue weighted by Gasteiger charge is -2.33. The number of carbonyl (C=O) groups excluding carboxylic acids is 1. The normalized spacial score (nSPS) is 18.4. The maximum atomic E-state index is 12.6. The lowest BCUT2D eigenvalue weighted by Crippen LogP contribution is -2.41. The van der Waals surface area contributed by atoms with Crippen molar-refractivity contribution in [1.29, 1.82) is 0 Å². The molecule has 6 nitrogen and oxygen atoms in total. The summed E-state index contributed by atoms with van der Waals surface area (Å²) in [5.74, 6) is 0.105. The van der Waals surface area contributed by atoms with Gasteiger partial charge in [0.15, 0.2) is 5.58 Å². The maximum Gasteiger partial charge on any atom is 0.228 e. The summed E-state index contributed by atoms with van der Waals surface area (Å²) in [4.78, 5) is 18.7. The Labute approximate surface area is 133 Å². The van der Waals surface area contributed by atoms with Gasteiger partial charge < -0.3 is 14.0 Å². The van der Waals surface area contributed by atoms with E-state index in [1.807, 2.05) is 41.7 Å². The Bertz CT molecular complexity index is 809. The van der Waals surface area contributed by atoms with Gasteiger partial charge in [0.2, 0.25) is 5.91 Å². The molecule has 23 heavy (non-hydrogen) atoms. The molecule has 0 unspecified atom stereocenters. The molecule has 118 valence electrons. The van der Waals surface area contributed by atoms with Gasteiger partial charge in [-0.05, 0) is 25.0 Å². The minimum atomic E-state index is 0.105. The Balaban J connectivity index is 1.48. The van der Waals surface area contributed by atoms with Gasteiger partial charge in [0, 0.05) is 30.9 Å². The van der Waals surface area contributed by atoms with Crippen molar-refractivity contribution in [3.8, 4) is 0 Å². The second-order valence-electron chi connectivity index (χ2n) is 5.95. The highest BCUT2D eigenvalue weighted by Gasteiger charge is 2.25. The summed E-state index contributed by atoms with van der Waals surface area (Å²) in [6.07, 6.45) is 7.94. The lowest BCUT2D eigenvalue weighted by atomic mass is 10.0. The van der Waals surface area contributed by atoms with E-state index >= 15 is 0 Å². The number of amides is 1. The first kappa shape index (κ1) is 14.0. The van der Waals surface area contributed by atoms with Crippen molar-refractivity contribution in [2.75, 3.05) is 13.1 Å². The lowest BCUT2D eigenvalue weighted by molar-refractivity contribution is -0.132. The van der Waals surface area contributed by atoms with Crippen molar-refractivity contribution >= 4 is 16.9 Å². The van der Waals surface area contributed by atoms with Crippen molar-refractivity contribution in [2.24, 2.45) is 0 Å². The van der Waals surface area contributed by atoms with Gasteiger partial charge in [-0.15, -0.1) is 0 Å². The van der Waals surface area contributed by atoms with E-state index in [0.29, 0.717) is 6.04 Å². The third kappa shape index (κ3) is 2.72. The summed E-state index contributed by atoms with van der Waals surface area (Å²) in [7, 11) is 0. The van der Waals surface area contributed by atoms with Crippen molar-refractivity contribution < 1.29 is 9.32 Å². The summed E-state index contributed by atoms with van der Waals surface area (Å²) in [5.41, 5.74) is 1.44. The minimum Gasteiger partial charge on any atom is -0.356 e. The minimum absolute atomic E-state index is 0.105. The molecule has 1 saturated heterocycles. The van der Waals surface area contributed by atoms with Gasteiger partial charge >= 0.3 is 0 Å². The Kier molecular flexibility index (Phi) is 3.57. The van der Waals surface area contributed by atoms with Gasteiger partial charge in [-0.1, -0.05) is 17.3 Å². The van der Waals surface area contributed by atoms with Gasteiger partial charge in [-0.25, -0.2) is 4.98 Å². The molecule has 0 radical (unpaired) electrons. The molecule has 3 heterocycles. The Morgan fingerprint density at radius 2 is 2.26 bits per heavy atom. The summed E-state index contributed by atoms with van der Waals surface area (Å²) in [6, 6.07) is 7.96. The van der Waals surface area contributed by atoms with Crippen molar-refractivity contribution in [2.45, 2.75) is 25.3 Å². The highest BCUT2D eigenvalue weighted by Crippen LogP contribution is 2.23. The number of fused-ring (bicyclic) bond motifs is 1. The third-order valence-electron chi connectivity index (χ3n) is 4.47. The molecule has 6 heteroatoms. The second-order valence-corrected chi connectivity index (χ2v) is 5.95. The number of para-hydroxylation sites is 1. The number of hydrogen-bond donors (Lipinski definition) is 0. The standard InChI is InChI=1S/C17H18N4O2/c22-17(10-15-14-5-1-2-6-16(14)23-19-15)20-8-3-4-13(11-20)21-9-7-18-12-21/h1-2,5-7,9,12-13H,3-4,8,10-11H2/t13-/m1/s1. The molecule has 0 bridgehead atoms. The summed E-state index contributed by atoms with van der Waals surface area (Å²) >= 11 is 0. The predicted octanol–water partition coefficient (Wildman–Crippen LogP) is 2.43. The van der Waals surface area contributed by atoms with E-state index in [1.54, 1.807) is 6.20 Å². The Morgan fingerprint density at radius 1 is 1.35 bits per heavy atom. The quantitative estimate of drug-likeness (QED) is 0.745. The van der Waals surface area contributed by atoms with Crippen molar-refractivity contribution in [1.82, 2.24) is 19.6 Å². The zero-order chi connectivity index (χ0) is 15.6. The van der Waals surface area contributed by atoms with Crippen LogP contribution in [0.25, 0.3) is 11.0 Å². The largest absolute Gasteiger partial charge is 0.356 e. The smallest absolute Gasteiger partial charge is 0.228 e. The van der Waals surface area contributed by atoms with Crippen molar-refractivity contribution in [3.05, 3.63) is 48.7 Å². The van der Waals surface area contributed by atoms with Crippen molar-refractivity contribution in [3.63, 3.8) is 0 Å². The monoisotopic (exact) mass is 310 g/mol. The Morgan fingerprint density at radius 3 is 3.13 bits per heavy atom. The second kappa shape index (κ2) is 5.87. The first-order chi connectivity index (χ1) is 11.3. The molecule has 2 aromatic heterocycles. The van der Waals surface area contributed by atoms with E-state index in [2.05, 4.69) is 14.7 Å². The molecular formula is C17H18N4O2. The van der Waals surface area contributed by atoms with Gasteiger partial charge in [0.05, 0.1) is 18.8 Å². The number of carbonyl (C=O) groups is 1.